The molecular formula is C19H27N3O3. The van der Waals surface area contributed by atoms with Crippen molar-refractivity contribution in [3.8, 4) is 0 Å². The van der Waals surface area contributed by atoms with Crippen LogP contribution in [0.1, 0.15) is 19.4 Å². The summed E-state index contributed by atoms with van der Waals surface area (Å²) in [7, 11) is 0. The van der Waals surface area contributed by atoms with Crippen molar-refractivity contribution >= 4 is 17.5 Å². The Morgan fingerprint density at radius 3 is 2.68 bits per heavy atom. The maximum absolute atomic E-state index is 12.9. The van der Waals surface area contributed by atoms with E-state index >= 15 is 0 Å². The van der Waals surface area contributed by atoms with Gasteiger partial charge in [-0.15, -0.1) is 0 Å². The van der Waals surface area contributed by atoms with Gasteiger partial charge in [-0.1, -0.05) is 18.2 Å². The first kappa shape index (κ1) is 17.9. The molecule has 0 bridgehead atoms. The molecule has 0 aliphatic carbocycles. The topological polar surface area (TPSA) is 53.1 Å². The summed E-state index contributed by atoms with van der Waals surface area (Å²) in [5.74, 6) is -0.0589. The molecule has 2 aliphatic heterocycles. The number of ether oxygens (including phenoxy) is 1. The van der Waals surface area contributed by atoms with E-state index in [-0.39, 0.29) is 24.4 Å². The van der Waals surface area contributed by atoms with Gasteiger partial charge in [0, 0.05) is 44.8 Å². The lowest BCUT2D eigenvalue weighted by molar-refractivity contribution is -0.133. The smallest absolute Gasteiger partial charge is 0.246 e. The molecule has 1 aromatic rings. The van der Waals surface area contributed by atoms with E-state index in [0.717, 1.165) is 45.0 Å². The number of amides is 2. The average molecular weight is 345 g/mol. The molecule has 0 radical (unpaired) electrons. The zero-order valence-corrected chi connectivity index (χ0v) is 15.1. The third-order valence-corrected chi connectivity index (χ3v) is 5.04. The number of hydrogen-bond donors (Lipinski definition) is 0. The van der Waals surface area contributed by atoms with E-state index in [1.54, 1.807) is 4.90 Å². The van der Waals surface area contributed by atoms with Crippen LogP contribution in [0, 0.1) is 0 Å². The molecule has 0 N–H and O–H groups in total. The Hall–Kier alpha value is -1.92. The van der Waals surface area contributed by atoms with Gasteiger partial charge in [0.15, 0.2) is 0 Å². The van der Waals surface area contributed by atoms with Crippen LogP contribution in [0.2, 0.25) is 0 Å². The predicted octanol–water partition coefficient (Wildman–Crippen LogP) is 1.14. The zero-order valence-electron chi connectivity index (χ0n) is 15.1. The predicted molar refractivity (Wildman–Crippen MR) is 96.6 cm³/mol. The molecular weight excluding hydrogens is 318 g/mol. The molecule has 6 nitrogen and oxygen atoms in total. The second-order valence-corrected chi connectivity index (χ2v) is 6.84. The Kier molecular flexibility index (Phi) is 5.71. The average Bonchev–Trinajstić information content (AvgIpc) is 2.94. The Labute approximate surface area is 149 Å². The van der Waals surface area contributed by atoms with Crippen LogP contribution in [0.5, 0.6) is 0 Å². The summed E-state index contributed by atoms with van der Waals surface area (Å²) in [6, 6.07) is 8.16. The molecule has 136 valence electrons. The Bertz CT molecular complexity index is 628. The Balaban J connectivity index is 1.61. The first-order valence-electron chi connectivity index (χ1n) is 9.02. The van der Waals surface area contributed by atoms with Crippen molar-refractivity contribution in [1.29, 1.82) is 0 Å². The van der Waals surface area contributed by atoms with Gasteiger partial charge >= 0.3 is 0 Å². The summed E-state index contributed by atoms with van der Waals surface area (Å²) < 4.78 is 5.35. The summed E-state index contributed by atoms with van der Waals surface area (Å²) >= 11 is 0. The van der Waals surface area contributed by atoms with E-state index < -0.39 is 0 Å². The molecule has 1 saturated heterocycles. The summed E-state index contributed by atoms with van der Waals surface area (Å²) in [6.07, 6.45) is 0.871. The van der Waals surface area contributed by atoms with Crippen LogP contribution >= 0.6 is 0 Å². The fourth-order valence-electron chi connectivity index (χ4n) is 3.62. The number of carbonyl (C=O) groups is 2. The summed E-state index contributed by atoms with van der Waals surface area (Å²) in [6.45, 7) is 8.33. The molecule has 3 rings (SSSR count). The second-order valence-electron chi connectivity index (χ2n) is 6.84. The number of fused-ring (bicyclic) bond motifs is 1. The van der Waals surface area contributed by atoms with Crippen LogP contribution < -0.4 is 4.90 Å². The fraction of sp³-hybridized carbons (Fsp3) is 0.579. The fourth-order valence-corrected chi connectivity index (χ4v) is 3.62. The number of morpholine rings is 1. The highest BCUT2D eigenvalue weighted by molar-refractivity contribution is 5.98. The third kappa shape index (κ3) is 4.19. The second kappa shape index (κ2) is 7.97. The molecule has 0 saturated carbocycles. The van der Waals surface area contributed by atoms with Crippen LogP contribution in [0.3, 0.4) is 0 Å². The van der Waals surface area contributed by atoms with Gasteiger partial charge in [-0.3, -0.25) is 14.5 Å². The molecule has 2 heterocycles. The number of anilines is 1. The van der Waals surface area contributed by atoms with E-state index in [4.69, 9.17) is 4.74 Å². The monoisotopic (exact) mass is 345 g/mol. The Morgan fingerprint density at radius 2 is 1.96 bits per heavy atom. The summed E-state index contributed by atoms with van der Waals surface area (Å²) in [4.78, 5) is 30.7. The minimum absolute atomic E-state index is 0.00497. The number of para-hydroxylation sites is 1. The van der Waals surface area contributed by atoms with Gasteiger partial charge in [-0.2, -0.15) is 0 Å². The lowest BCUT2D eigenvalue weighted by Crippen LogP contribution is -2.47. The van der Waals surface area contributed by atoms with Crippen molar-refractivity contribution < 1.29 is 14.3 Å². The number of carbonyl (C=O) groups excluding carboxylic acids is 2. The van der Waals surface area contributed by atoms with Gasteiger partial charge in [0.1, 0.15) is 6.54 Å². The van der Waals surface area contributed by atoms with E-state index in [2.05, 4.69) is 17.9 Å². The molecule has 25 heavy (non-hydrogen) atoms. The van der Waals surface area contributed by atoms with Crippen molar-refractivity contribution in [2.45, 2.75) is 26.3 Å². The molecule has 6 heteroatoms. The van der Waals surface area contributed by atoms with E-state index in [0.29, 0.717) is 6.54 Å². The number of benzene rings is 1. The maximum atomic E-state index is 12.9. The van der Waals surface area contributed by atoms with Gasteiger partial charge in [-0.25, -0.2) is 0 Å². The minimum Gasteiger partial charge on any atom is -0.379 e. The van der Waals surface area contributed by atoms with Gasteiger partial charge in [0.25, 0.3) is 0 Å². The first-order chi connectivity index (χ1) is 12.1. The quantitative estimate of drug-likeness (QED) is 0.803. The van der Waals surface area contributed by atoms with Gasteiger partial charge in [-0.05, 0) is 25.0 Å². The molecule has 2 aliphatic rings. The lowest BCUT2D eigenvalue weighted by Gasteiger charge is -2.31. The highest BCUT2D eigenvalue weighted by Gasteiger charge is 2.31. The van der Waals surface area contributed by atoms with Crippen molar-refractivity contribution in [1.82, 2.24) is 9.80 Å². The Morgan fingerprint density at radius 1 is 1.24 bits per heavy atom. The maximum Gasteiger partial charge on any atom is 0.246 e. The van der Waals surface area contributed by atoms with E-state index in [1.807, 2.05) is 23.1 Å². The van der Waals surface area contributed by atoms with Gasteiger partial charge in [0.2, 0.25) is 11.8 Å². The molecule has 1 aromatic carbocycles. The van der Waals surface area contributed by atoms with Gasteiger partial charge < -0.3 is 14.5 Å². The first-order valence-corrected chi connectivity index (χ1v) is 9.02. The molecule has 0 spiro atoms. The van der Waals surface area contributed by atoms with Crippen molar-refractivity contribution in [3.05, 3.63) is 29.8 Å². The van der Waals surface area contributed by atoms with Crippen molar-refractivity contribution in [3.63, 3.8) is 0 Å². The number of rotatable bonds is 5. The lowest BCUT2D eigenvalue weighted by atomic mass is 10.1. The number of hydrogen-bond acceptors (Lipinski definition) is 4. The largest absolute Gasteiger partial charge is 0.379 e. The highest BCUT2D eigenvalue weighted by atomic mass is 16.5. The normalized spacial score (nSPS) is 20.4. The molecule has 1 fully saturated rings. The summed E-state index contributed by atoms with van der Waals surface area (Å²) in [5.41, 5.74) is 2.18. The van der Waals surface area contributed by atoms with Crippen molar-refractivity contribution in [2.24, 2.45) is 0 Å². The summed E-state index contributed by atoms with van der Waals surface area (Å²) in [5, 5.41) is 0. The van der Waals surface area contributed by atoms with Crippen LogP contribution in [0.15, 0.2) is 24.3 Å². The zero-order chi connectivity index (χ0) is 17.8. The van der Waals surface area contributed by atoms with Gasteiger partial charge in [0.05, 0.1) is 13.2 Å². The van der Waals surface area contributed by atoms with Crippen LogP contribution in [0.25, 0.3) is 0 Å². The molecule has 1 atom stereocenters. The number of nitrogens with zero attached hydrogens (tertiary/aromatic N) is 3. The van der Waals surface area contributed by atoms with Crippen LogP contribution in [-0.4, -0.2) is 73.6 Å². The standard InChI is InChI=1S/C19H27N3O3/c1-15-13-17-5-3-4-6-18(17)22(15)19(24)14-21(16(2)23)8-7-20-9-11-25-12-10-20/h3-6,15H,7-14H2,1-2H3. The van der Waals surface area contributed by atoms with Crippen LogP contribution in [0.4, 0.5) is 5.69 Å². The van der Waals surface area contributed by atoms with Crippen molar-refractivity contribution in [2.75, 3.05) is 50.8 Å². The minimum atomic E-state index is -0.0539. The molecule has 2 amide bonds. The van der Waals surface area contributed by atoms with Crippen LogP contribution in [-0.2, 0) is 20.7 Å². The SMILES string of the molecule is CC(=O)N(CCN1CCOCC1)CC(=O)N1c2ccccc2CC1C. The highest BCUT2D eigenvalue weighted by Crippen LogP contribution is 2.31. The third-order valence-electron chi connectivity index (χ3n) is 5.04. The van der Waals surface area contributed by atoms with E-state index in [1.165, 1.54) is 12.5 Å². The van der Waals surface area contributed by atoms with E-state index in [9.17, 15) is 9.59 Å². The molecule has 1 unspecified atom stereocenters. The molecule has 0 aromatic heterocycles.